The molecule has 0 aliphatic heterocycles. The number of aryl methyl sites for hydroxylation is 2. The van der Waals surface area contributed by atoms with Crippen LogP contribution in [0.5, 0.6) is 11.5 Å². The molecular formula is C18H20N2O4. The fourth-order valence-electron chi connectivity index (χ4n) is 2.52. The van der Waals surface area contributed by atoms with E-state index in [0.29, 0.717) is 16.8 Å². The lowest BCUT2D eigenvalue weighted by Crippen LogP contribution is -2.09. The molecule has 6 nitrogen and oxygen atoms in total. The fourth-order valence-corrected chi connectivity index (χ4v) is 2.52. The van der Waals surface area contributed by atoms with Crippen LogP contribution in [0.1, 0.15) is 35.1 Å². The Bertz CT molecular complexity index is 730. The summed E-state index contributed by atoms with van der Waals surface area (Å²) in [7, 11) is 0. The van der Waals surface area contributed by atoms with Crippen molar-refractivity contribution in [1.82, 2.24) is 0 Å². The summed E-state index contributed by atoms with van der Waals surface area (Å²) in [4.78, 5) is 0. The molecule has 0 bridgehead atoms. The van der Waals surface area contributed by atoms with Gasteiger partial charge in [0, 0.05) is 11.1 Å². The second-order valence-corrected chi connectivity index (χ2v) is 5.61. The molecule has 0 saturated carbocycles. The SMILES string of the molecule is Cc1ccc(O)c(/C(CC/C(=N\O)c2cc(O)ccc2C)=N/O)c1. The minimum Gasteiger partial charge on any atom is -0.508 e. The molecule has 0 amide bonds. The third-order valence-electron chi connectivity index (χ3n) is 3.84. The minimum absolute atomic E-state index is 0.0180. The average Bonchev–Trinajstić information content (AvgIpc) is 2.57. The van der Waals surface area contributed by atoms with E-state index in [4.69, 9.17) is 0 Å². The summed E-state index contributed by atoms with van der Waals surface area (Å²) in [6.07, 6.45) is 0.523. The average molecular weight is 328 g/mol. The smallest absolute Gasteiger partial charge is 0.124 e. The quantitative estimate of drug-likeness (QED) is 0.382. The Morgan fingerprint density at radius 2 is 1.46 bits per heavy atom. The molecule has 2 rings (SSSR count). The van der Waals surface area contributed by atoms with Gasteiger partial charge in [0.05, 0.1) is 11.4 Å². The topological polar surface area (TPSA) is 106 Å². The number of nitrogens with zero attached hydrogens (tertiary/aromatic N) is 2. The van der Waals surface area contributed by atoms with Crippen molar-refractivity contribution in [3.8, 4) is 11.5 Å². The Balaban J connectivity index is 2.23. The maximum atomic E-state index is 9.95. The van der Waals surface area contributed by atoms with Gasteiger partial charge in [0.1, 0.15) is 11.5 Å². The molecule has 2 aromatic rings. The predicted octanol–water partition coefficient (Wildman–Crippen LogP) is 3.55. The summed E-state index contributed by atoms with van der Waals surface area (Å²) in [6, 6.07) is 9.81. The lowest BCUT2D eigenvalue weighted by atomic mass is 9.96. The van der Waals surface area contributed by atoms with Gasteiger partial charge in [0.2, 0.25) is 0 Å². The van der Waals surface area contributed by atoms with Crippen LogP contribution in [0.3, 0.4) is 0 Å². The van der Waals surface area contributed by atoms with Crippen molar-refractivity contribution >= 4 is 11.4 Å². The van der Waals surface area contributed by atoms with Gasteiger partial charge >= 0.3 is 0 Å². The van der Waals surface area contributed by atoms with Crippen LogP contribution < -0.4 is 0 Å². The molecule has 126 valence electrons. The highest BCUT2D eigenvalue weighted by molar-refractivity contribution is 6.07. The second kappa shape index (κ2) is 7.50. The molecule has 0 aliphatic carbocycles. The van der Waals surface area contributed by atoms with Crippen LogP contribution >= 0.6 is 0 Å². The Morgan fingerprint density at radius 3 is 2.08 bits per heavy atom. The van der Waals surface area contributed by atoms with Gasteiger partial charge in [-0.25, -0.2) is 0 Å². The first kappa shape index (κ1) is 17.3. The number of hydrogen-bond donors (Lipinski definition) is 4. The summed E-state index contributed by atoms with van der Waals surface area (Å²) >= 11 is 0. The van der Waals surface area contributed by atoms with E-state index in [1.807, 2.05) is 13.8 Å². The lowest BCUT2D eigenvalue weighted by molar-refractivity contribution is 0.316. The van der Waals surface area contributed by atoms with Crippen LogP contribution in [-0.2, 0) is 0 Å². The zero-order chi connectivity index (χ0) is 17.7. The number of aromatic hydroxyl groups is 2. The van der Waals surface area contributed by atoms with Crippen LogP contribution in [0.25, 0.3) is 0 Å². The highest BCUT2D eigenvalue weighted by atomic mass is 16.4. The van der Waals surface area contributed by atoms with Gasteiger partial charge in [0.15, 0.2) is 0 Å². The Morgan fingerprint density at radius 1 is 0.833 bits per heavy atom. The number of hydrogen-bond acceptors (Lipinski definition) is 6. The van der Waals surface area contributed by atoms with Crippen molar-refractivity contribution < 1.29 is 20.6 Å². The molecule has 0 saturated heterocycles. The molecule has 24 heavy (non-hydrogen) atoms. The van der Waals surface area contributed by atoms with Crippen LogP contribution in [0.2, 0.25) is 0 Å². The summed E-state index contributed by atoms with van der Waals surface area (Å²) in [6.45, 7) is 3.71. The van der Waals surface area contributed by atoms with Crippen molar-refractivity contribution in [3.05, 3.63) is 58.7 Å². The monoisotopic (exact) mass is 328 g/mol. The first-order valence-corrected chi connectivity index (χ1v) is 7.48. The maximum absolute atomic E-state index is 9.95. The standard InChI is InChI=1S/C18H20N2O4/c1-11-3-8-18(22)15(9-11)17(20-24)7-6-16(19-23)14-10-13(21)5-4-12(14)2/h3-5,8-10,21-24H,6-7H2,1-2H3/b19-16+,20-17+. The van der Waals surface area contributed by atoms with E-state index in [2.05, 4.69) is 10.3 Å². The number of phenols is 2. The predicted molar refractivity (Wildman–Crippen MR) is 91.6 cm³/mol. The van der Waals surface area contributed by atoms with Gasteiger partial charge in [-0.05, 0) is 56.5 Å². The van der Waals surface area contributed by atoms with Crippen molar-refractivity contribution in [2.24, 2.45) is 10.3 Å². The van der Waals surface area contributed by atoms with Crippen LogP contribution in [0.4, 0.5) is 0 Å². The molecule has 0 atom stereocenters. The van der Waals surface area contributed by atoms with E-state index in [1.165, 1.54) is 12.1 Å². The Hall–Kier alpha value is -3.02. The van der Waals surface area contributed by atoms with E-state index in [-0.39, 0.29) is 30.1 Å². The third kappa shape index (κ3) is 3.84. The van der Waals surface area contributed by atoms with E-state index in [0.717, 1.165) is 11.1 Å². The zero-order valence-electron chi connectivity index (χ0n) is 13.6. The summed E-state index contributed by atoms with van der Waals surface area (Å²) in [5, 5.41) is 44.7. The largest absolute Gasteiger partial charge is 0.508 e. The van der Waals surface area contributed by atoms with Crippen LogP contribution in [0.15, 0.2) is 46.7 Å². The molecule has 2 aromatic carbocycles. The van der Waals surface area contributed by atoms with E-state index < -0.39 is 0 Å². The van der Waals surface area contributed by atoms with Gasteiger partial charge in [-0.2, -0.15) is 0 Å². The van der Waals surface area contributed by atoms with Crippen LogP contribution in [0, 0.1) is 13.8 Å². The van der Waals surface area contributed by atoms with E-state index in [1.54, 1.807) is 24.3 Å². The number of benzene rings is 2. The maximum Gasteiger partial charge on any atom is 0.124 e. The van der Waals surface area contributed by atoms with E-state index >= 15 is 0 Å². The molecule has 0 heterocycles. The van der Waals surface area contributed by atoms with Crippen molar-refractivity contribution in [2.45, 2.75) is 26.7 Å². The van der Waals surface area contributed by atoms with Gasteiger partial charge in [-0.15, -0.1) is 0 Å². The van der Waals surface area contributed by atoms with E-state index in [9.17, 15) is 20.6 Å². The Labute approximate surface area is 140 Å². The number of rotatable bonds is 5. The molecular weight excluding hydrogens is 308 g/mol. The summed E-state index contributed by atoms with van der Waals surface area (Å²) in [5.41, 5.74) is 3.46. The lowest BCUT2D eigenvalue weighted by Gasteiger charge is -2.11. The number of oxime groups is 2. The minimum atomic E-state index is 0.0180. The van der Waals surface area contributed by atoms with Crippen LogP contribution in [-0.4, -0.2) is 32.1 Å². The fraction of sp³-hybridized carbons (Fsp3) is 0.222. The molecule has 0 fully saturated rings. The summed E-state index contributed by atoms with van der Waals surface area (Å²) in [5.74, 6) is 0.0913. The molecule has 0 radical (unpaired) electrons. The molecule has 0 aromatic heterocycles. The first-order chi connectivity index (χ1) is 11.5. The van der Waals surface area contributed by atoms with Gasteiger partial charge in [-0.1, -0.05) is 28.0 Å². The van der Waals surface area contributed by atoms with Gasteiger partial charge in [-0.3, -0.25) is 0 Å². The molecule has 6 heteroatoms. The number of phenolic OH excluding ortho intramolecular Hbond substituents is 2. The first-order valence-electron chi connectivity index (χ1n) is 7.48. The zero-order valence-corrected chi connectivity index (χ0v) is 13.6. The normalized spacial score (nSPS) is 12.4. The second-order valence-electron chi connectivity index (χ2n) is 5.61. The van der Waals surface area contributed by atoms with Gasteiger partial charge < -0.3 is 20.6 Å². The highest BCUT2D eigenvalue weighted by Gasteiger charge is 2.14. The molecule has 0 aliphatic rings. The molecule has 0 spiro atoms. The highest BCUT2D eigenvalue weighted by Crippen LogP contribution is 2.23. The summed E-state index contributed by atoms with van der Waals surface area (Å²) < 4.78 is 0. The van der Waals surface area contributed by atoms with Crippen molar-refractivity contribution in [2.75, 3.05) is 0 Å². The van der Waals surface area contributed by atoms with Crippen molar-refractivity contribution in [3.63, 3.8) is 0 Å². The van der Waals surface area contributed by atoms with Crippen molar-refractivity contribution in [1.29, 1.82) is 0 Å². The van der Waals surface area contributed by atoms with Gasteiger partial charge in [0.25, 0.3) is 0 Å². The molecule has 0 unspecified atom stereocenters. The Kier molecular flexibility index (Phi) is 5.42. The third-order valence-corrected chi connectivity index (χ3v) is 3.84. The molecule has 4 N–H and O–H groups in total.